The van der Waals surface area contributed by atoms with Gasteiger partial charge in [-0.2, -0.15) is 9.78 Å². The van der Waals surface area contributed by atoms with E-state index >= 15 is 0 Å². The van der Waals surface area contributed by atoms with Gasteiger partial charge in [-0.15, -0.1) is 0 Å². The monoisotopic (exact) mass is 258 g/mol. The average Bonchev–Trinajstić information content (AvgIpc) is 2.41. The predicted octanol–water partition coefficient (Wildman–Crippen LogP) is 1.83. The molecule has 0 radical (unpaired) electrons. The summed E-state index contributed by atoms with van der Waals surface area (Å²) in [6, 6.07) is 7.21. The van der Waals surface area contributed by atoms with Crippen LogP contribution in [0.2, 0.25) is 5.15 Å². The second-order valence-electron chi connectivity index (χ2n) is 3.62. The highest BCUT2D eigenvalue weighted by Gasteiger charge is 2.10. The number of fused-ring (bicyclic) bond motifs is 1. The molecular formula is C12H7ClN4O. The zero-order valence-electron chi connectivity index (χ0n) is 9.12. The standard InChI is InChI=1S/C12H7ClN4O/c13-10-11(15-6-5-14-10)17-12(18)9-4-2-1-3-8(9)7-16-17/h1-7H. The van der Waals surface area contributed by atoms with E-state index < -0.39 is 0 Å². The first kappa shape index (κ1) is 10.9. The van der Waals surface area contributed by atoms with Crippen LogP contribution in [-0.4, -0.2) is 19.7 Å². The zero-order valence-corrected chi connectivity index (χ0v) is 9.87. The SMILES string of the molecule is O=c1c2ccccc2cnn1-c1nccnc1Cl. The molecule has 5 nitrogen and oxygen atoms in total. The maximum Gasteiger partial charge on any atom is 0.280 e. The van der Waals surface area contributed by atoms with Crippen LogP contribution in [0.15, 0.2) is 47.7 Å². The van der Waals surface area contributed by atoms with Gasteiger partial charge < -0.3 is 0 Å². The molecule has 0 aliphatic heterocycles. The molecule has 0 bridgehead atoms. The Morgan fingerprint density at radius 2 is 1.89 bits per heavy atom. The number of benzene rings is 1. The first-order chi connectivity index (χ1) is 8.77. The molecule has 88 valence electrons. The summed E-state index contributed by atoms with van der Waals surface area (Å²) in [6.45, 7) is 0. The average molecular weight is 259 g/mol. The number of hydrogen-bond acceptors (Lipinski definition) is 4. The van der Waals surface area contributed by atoms with Crippen molar-refractivity contribution in [2.24, 2.45) is 0 Å². The van der Waals surface area contributed by atoms with Gasteiger partial charge in [0.2, 0.25) is 0 Å². The van der Waals surface area contributed by atoms with Crippen molar-refractivity contribution in [1.82, 2.24) is 19.7 Å². The van der Waals surface area contributed by atoms with E-state index in [4.69, 9.17) is 11.6 Å². The van der Waals surface area contributed by atoms with Crippen molar-refractivity contribution in [3.05, 3.63) is 58.4 Å². The third-order valence-corrected chi connectivity index (χ3v) is 2.80. The molecule has 0 amide bonds. The topological polar surface area (TPSA) is 60.7 Å². The van der Waals surface area contributed by atoms with Crippen LogP contribution in [0, 0.1) is 0 Å². The third-order valence-electron chi connectivity index (χ3n) is 2.53. The first-order valence-electron chi connectivity index (χ1n) is 5.21. The van der Waals surface area contributed by atoms with E-state index in [2.05, 4.69) is 15.1 Å². The van der Waals surface area contributed by atoms with Crippen LogP contribution >= 0.6 is 11.6 Å². The Bertz CT molecular complexity index is 784. The molecule has 2 aromatic heterocycles. The van der Waals surface area contributed by atoms with Gasteiger partial charge in [0.05, 0.1) is 11.6 Å². The van der Waals surface area contributed by atoms with E-state index in [1.807, 2.05) is 12.1 Å². The van der Waals surface area contributed by atoms with Gasteiger partial charge >= 0.3 is 0 Å². The summed E-state index contributed by atoms with van der Waals surface area (Å²) in [5.41, 5.74) is -0.268. The first-order valence-corrected chi connectivity index (χ1v) is 5.59. The lowest BCUT2D eigenvalue weighted by Gasteiger charge is -2.05. The lowest BCUT2D eigenvalue weighted by molar-refractivity contribution is 0.788. The van der Waals surface area contributed by atoms with Crippen LogP contribution in [0.1, 0.15) is 0 Å². The molecule has 0 atom stereocenters. The molecule has 0 spiro atoms. The zero-order chi connectivity index (χ0) is 12.5. The Morgan fingerprint density at radius 1 is 1.11 bits per heavy atom. The summed E-state index contributed by atoms with van der Waals surface area (Å²) in [6.07, 6.45) is 4.52. The van der Waals surface area contributed by atoms with Crippen molar-refractivity contribution in [3.63, 3.8) is 0 Å². The van der Waals surface area contributed by atoms with Gasteiger partial charge in [0.15, 0.2) is 11.0 Å². The number of rotatable bonds is 1. The Hall–Kier alpha value is -2.27. The highest BCUT2D eigenvalue weighted by atomic mass is 35.5. The molecule has 2 heterocycles. The van der Waals surface area contributed by atoms with Gasteiger partial charge in [-0.1, -0.05) is 29.8 Å². The lowest BCUT2D eigenvalue weighted by Crippen LogP contribution is -2.22. The Kier molecular flexibility index (Phi) is 2.53. The van der Waals surface area contributed by atoms with Crippen LogP contribution < -0.4 is 5.56 Å². The van der Waals surface area contributed by atoms with Gasteiger partial charge in [0, 0.05) is 17.8 Å². The van der Waals surface area contributed by atoms with Crippen molar-refractivity contribution in [2.75, 3.05) is 0 Å². The summed E-state index contributed by atoms with van der Waals surface area (Å²) in [7, 11) is 0. The molecule has 3 aromatic rings. The molecule has 3 rings (SSSR count). The number of nitrogens with zero attached hydrogens (tertiary/aromatic N) is 4. The number of aromatic nitrogens is 4. The fourth-order valence-corrected chi connectivity index (χ4v) is 1.88. The fourth-order valence-electron chi connectivity index (χ4n) is 1.70. The Morgan fingerprint density at radius 3 is 2.72 bits per heavy atom. The van der Waals surface area contributed by atoms with Crippen molar-refractivity contribution >= 4 is 22.4 Å². The highest BCUT2D eigenvalue weighted by Crippen LogP contribution is 2.13. The number of hydrogen-bond donors (Lipinski definition) is 0. The van der Waals surface area contributed by atoms with Crippen LogP contribution in [0.4, 0.5) is 0 Å². The van der Waals surface area contributed by atoms with E-state index in [9.17, 15) is 4.79 Å². The molecule has 0 aliphatic carbocycles. The van der Waals surface area contributed by atoms with Gasteiger partial charge in [-0.25, -0.2) is 9.97 Å². The Balaban J connectivity index is 2.35. The second kappa shape index (κ2) is 4.19. The van der Waals surface area contributed by atoms with Gasteiger partial charge in [-0.05, 0) is 6.07 Å². The smallest absolute Gasteiger partial charge is 0.267 e. The molecule has 0 aliphatic rings. The minimum Gasteiger partial charge on any atom is -0.267 e. The van der Waals surface area contributed by atoms with E-state index in [1.165, 1.54) is 12.4 Å². The maximum atomic E-state index is 12.3. The molecule has 0 unspecified atom stereocenters. The van der Waals surface area contributed by atoms with E-state index in [0.29, 0.717) is 5.39 Å². The maximum absolute atomic E-state index is 12.3. The van der Waals surface area contributed by atoms with Gasteiger partial charge in [0.1, 0.15) is 0 Å². The molecular weight excluding hydrogens is 252 g/mol. The summed E-state index contributed by atoms with van der Waals surface area (Å²) >= 11 is 5.91. The summed E-state index contributed by atoms with van der Waals surface area (Å²) in [4.78, 5) is 20.2. The van der Waals surface area contributed by atoms with Gasteiger partial charge in [0.25, 0.3) is 5.56 Å². The van der Waals surface area contributed by atoms with Crippen molar-refractivity contribution in [3.8, 4) is 5.82 Å². The van der Waals surface area contributed by atoms with Crippen LogP contribution in [0.25, 0.3) is 16.6 Å². The molecule has 0 N–H and O–H groups in total. The normalized spacial score (nSPS) is 10.7. The third kappa shape index (κ3) is 1.65. The summed E-state index contributed by atoms with van der Waals surface area (Å²) < 4.78 is 1.15. The van der Waals surface area contributed by atoms with Gasteiger partial charge in [-0.3, -0.25) is 4.79 Å². The molecule has 1 aromatic carbocycles. The van der Waals surface area contributed by atoms with Crippen molar-refractivity contribution < 1.29 is 0 Å². The minimum absolute atomic E-state index is 0.141. The summed E-state index contributed by atoms with van der Waals surface area (Å²) in [5, 5.41) is 5.54. The van der Waals surface area contributed by atoms with E-state index in [-0.39, 0.29) is 16.5 Å². The molecule has 18 heavy (non-hydrogen) atoms. The van der Waals surface area contributed by atoms with E-state index in [0.717, 1.165) is 10.1 Å². The summed E-state index contributed by atoms with van der Waals surface area (Å²) in [5.74, 6) is 0.231. The molecule has 0 saturated carbocycles. The largest absolute Gasteiger partial charge is 0.280 e. The van der Waals surface area contributed by atoms with Crippen LogP contribution in [0.3, 0.4) is 0 Å². The lowest BCUT2D eigenvalue weighted by atomic mass is 10.2. The highest BCUT2D eigenvalue weighted by molar-refractivity contribution is 6.30. The van der Waals surface area contributed by atoms with Crippen molar-refractivity contribution in [2.45, 2.75) is 0 Å². The Labute approximate surface area is 107 Å². The van der Waals surface area contributed by atoms with Crippen molar-refractivity contribution in [1.29, 1.82) is 0 Å². The predicted molar refractivity (Wildman–Crippen MR) is 67.9 cm³/mol. The fraction of sp³-hybridized carbons (Fsp3) is 0. The van der Waals surface area contributed by atoms with Crippen LogP contribution in [0.5, 0.6) is 0 Å². The molecule has 6 heteroatoms. The van der Waals surface area contributed by atoms with Crippen LogP contribution in [-0.2, 0) is 0 Å². The number of halogens is 1. The van der Waals surface area contributed by atoms with E-state index in [1.54, 1.807) is 18.3 Å². The molecule has 0 saturated heterocycles. The quantitative estimate of drug-likeness (QED) is 0.668. The second-order valence-corrected chi connectivity index (χ2v) is 3.98. The molecule has 0 fully saturated rings. The minimum atomic E-state index is -0.268.